The average Bonchev–Trinajstić information content (AvgIpc) is 3.32. The van der Waals surface area contributed by atoms with Crippen LogP contribution in [0.2, 0.25) is 0 Å². The van der Waals surface area contributed by atoms with E-state index in [1.54, 1.807) is 0 Å². The van der Waals surface area contributed by atoms with Gasteiger partial charge in [-0.15, -0.1) is 0 Å². The minimum Gasteiger partial charge on any atom is -0.493 e. The van der Waals surface area contributed by atoms with E-state index in [1.165, 1.54) is 0 Å². The molecule has 0 atom stereocenters. The molecule has 4 rings (SSSR count). The summed E-state index contributed by atoms with van der Waals surface area (Å²) >= 11 is 0. The largest absolute Gasteiger partial charge is 0.493 e. The van der Waals surface area contributed by atoms with Gasteiger partial charge in [-0.25, -0.2) is 0 Å². The summed E-state index contributed by atoms with van der Waals surface area (Å²) < 4.78 is 22.5. The second-order valence-electron chi connectivity index (χ2n) is 7.12. The number of fused-ring (bicyclic) bond motifs is 2. The summed E-state index contributed by atoms with van der Waals surface area (Å²) in [5.41, 5.74) is 3.55. The lowest BCUT2D eigenvalue weighted by molar-refractivity contribution is 0.247. The van der Waals surface area contributed by atoms with Gasteiger partial charge < -0.3 is 18.5 Å². The van der Waals surface area contributed by atoms with E-state index in [9.17, 15) is 0 Å². The van der Waals surface area contributed by atoms with Crippen LogP contribution in [-0.4, -0.2) is 23.5 Å². The number of hydrogen-bond donors (Lipinski definition) is 0. The second kappa shape index (κ2) is 8.99. The highest BCUT2D eigenvalue weighted by Gasteiger charge is 2.10. The summed E-state index contributed by atoms with van der Waals surface area (Å²) in [6.45, 7) is 5.39. The van der Waals surface area contributed by atoms with Gasteiger partial charge in [0.25, 0.3) is 0 Å². The summed E-state index contributed by atoms with van der Waals surface area (Å²) in [7, 11) is 0. The van der Waals surface area contributed by atoms with Crippen molar-refractivity contribution in [1.82, 2.24) is 10.3 Å². The molecule has 0 radical (unpaired) electrons. The third-order valence-electron chi connectivity index (χ3n) is 4.84. The maximum absolute atomic E-state index is 5.83. The molecule has 152 valence electrons. The van der Waals surface area contributed by atoms with Crippen molar-refractivity contribution in [2.75, 3.05) is 13.2 Å². The summed E-state index contributed by atoms with van der Waals surface area (Å²) in [5, 5.41) is 10.4. The highest BCUT2D eigenvalue weighted by molar-refractivity contribution is 5.81. The first-order valence-electron chi connectivity index (χ1n) is 10.3. The molecular formula is C23H26N2O4. The number of hydrogen-bond acceptors (Lipinski definition) is 6. The molecule has 0 saturated heterocycles. The van der Waals surface area contributed by atoms with E-state index >= 15 is 0 Å². The predicted octanol–water partition coefficient (Wildman–Crippen LogP) is 5.72. The highest BCUT2D eigenvalue weighted by atomic mass is 16.5. The van der Waals surface area contributed by atoms with Crippen LogP contribution in [0.25, 0.3) is 21.9 Å². The van der Waals surface area contributed by atoms with Crippen molar-refractivity contribution in [3.05, 3.63) is 47.8 Å². The fourth-order valence-electron chi connectivity index (χ4n) is 3.39. The minimum absolute atomic E-state index is 0.562. The number of ether oxygens (including phenoxy) is 2. The zero-order valence-electron chi connectivity index (χ0n) is 16.9. The lowest BCUT2D eigenvalue weighted by Crippen LogP contribution is -2.04. The fraction of sp³-hybridized carbons (Fsp3) is 0.391. The van der Waals surface area contributed by atoms with Crippen LogP contribution < -0.4 is 9.47 Å². The first kappa shape index (κ1) is 19.3. The quantitative estimate of drug-likeness (QED) is 0.320. The van der Waals surface area contributed by atoms with Gasteiger partial charge >= 0.3 is 0 Å². The van der Waals surface area contributed by atoms with E-state index in [-0.39, 0.29) is 0 Å². The Morgan fingerprint density at radius 2 is 1.21 bits per heavy atom. The van der Waals surface area contributed by atoms with E-state index in [4.69, 9.17) is 18.5 Å². The van der Waals surface area contributed by atoms with Crippen molar-refractivity contribution in [3.63, 3.8) is 0 Å². The van der Waals surface area contributed by atoms with Gasteiger partial charge in [-0.05, 0) is 37.1 Å². The average molecular weight is 394 g/mol. The van der Waals surface area contributed by atoms with Crippen LogP contribution >= 0.6 is 0 Å². The lowest BCUT2D eigenvalue weighted by atomic mass is 10.1. The molecule has 0 N–H and O–H groups in total. The van der Waals surface area contributed by atoms with Gasteiger partial charge in [-0.1, -0.05) is 37.0 Å². The Labute approximate surface area is 169 Å². The zero-order valence-corrected chi connectivity index (χ0v) is 16.9. The van der Waals surface area contributed by atoms with Gasteiger partial charge in [0, 0.05) is 29.3 Å². The van der Waals surface area contributed by atoms with Crippen molar-refractivity contribution in [3.8, 4) is 11.5 Å². The van der Waals surface area contributed by atoms with Crippen molar-refractivity contribution in [2.45, 2.75) is 46.0 Å². The molecule has 0 aliphatic heterocycles. The van der Waals surface area contributed by atoms with Crippen LogP contribution in [0.5, 0.6) is 11.5 Å². The Hall–Kier alpha value is -3.02. The summed E-state index contributed by atoms with van der Waals surface area (Å²) in [5.74, 6) is 1.56. The molecule has 0 fully saturated rings. The van der Waals surface area contributed by atoms with Crippen LogP contribution in [0.15, 0.2) is 45.4 Å². The van der Waals surface area contributed by atoms with Crippen LogP contribution in [0, 0.1) is 0 Å². The summed E-state index contributed by atoms with van der Waals surface area (Å²) in [6, 6.07) is 11.8. The third-order valence-corrected chi connectivity index (χ3v) is 4.84. The molecule has 29 heavy (non-hydrogen) atoms. The number of aryl methyl sites for hydroxylation is 2. The monoisotopic (exact) mass is 394 g/mol. The molecule has 6 nitrogen and oxygen atoms in total. The molecule has 2 aromatic heterocycles. The molecule has 0 aliphatic rings. The molecule has 2 aromatic carbocycles. The topological polar surface area (TPSA) is 70.5 Å². The zero-order chi connectivity index (χ0) is 20.1. The molecule has 0 amide bonds. The Morgan fingerprint density at radius 1 is 0.724 bits per heavy atom. The molecule has 0 saturated carbocycles. The van der Waals surface area contributed by atoms with E-state index < -0.39 is 0 Å². The van der Waals surface area contributed by atoms with Crippen molar-refractivity contribution in [1.29, 1.82) is 0 Å². The molecule has 0 aliphatic carbocycles. The normalized spacial score (nSPS) is 11.4. The van der Waals surface area contributed by atoms with Gasteiger partial charge in [0.15, 0.2) is 11.2 Å². The smallest absolute Gasteiger partial charge is 0.170 e. The fourth-order valence-corrected chi connectivity index (χ4v) is 3.39. The molecule has 0 unspecified atom stereocenters. The number of rotatable bonds is 10. The Kier molecular flexibility index (Phi) is 5.98. The van der Waals surface area contributed by atoms with E-state index in [2.05, 4.69) is 24.2 Å². The molecular weight excluding hydrogens is 368 g/mol. The van der Waals surface area contributed by atoms with Gasteiger partial charge in [0.05, 0.1) is 24.6 Å². The second-order valence-corrected chi connectivity index (χ2v) is 7.12. The minimum atomic E-state index is 0.562. The van der Waals surface area contributed by atoms with Crippen LogP contribution in [-0.2, 0) is 12.8 Å². The van der Waals surface area contributed by atoms with Crippen LogP contribution in [0.1, 0.15) is 44.5 Å². The summed E-state index contributed by atoms with van der Waals surface area (Å²) in [6.07, 6.45) is 4.70. The Balaban J connectivity index is 1.26. The Morgan fingerprint density at radius 3 is 1.66 bits per heavy atom. The first-order valence-corrected chi connectivity index (χ1v) is 10.3. The van der Waals surface area contributed by atoms with Crippen molar-refractivity contribution >= 4 is 21.9 Å². The maximum atomic E-state index is 5.83. The standard InChI is InChI=1S/C23H26N2O4/c1-3-6-20-18-10-8-16(14-22(18)28-24-20)26-12-5-13-27-17-9-11-19-21(7-4-2)25-29-23(19)15-17/h8-11,14-15H,3-7,12-13H2,1-2H3. The van der Waals surface area contributed by atoms with E-state index in [0.29, 0.717) is 13.2 Å². The Bertz CT molecular complexity index is 997. The lowest BCUT2D eigenvalue weighted by Gasteiger charge is -2.08. The van der Waals surface area contributed by atoms with Gasteiger partial charge in [0.1, 0.15) is 11.5 Å². The van der Waals surface area contributed by atoms with Crippen molar-refractivity contribution < 1.29 is 18.5 Å². The van der Waals surface area contributed by atoms with E-state index in [0.717, 1.165) is 76.9 Å². The first-order chi connectivity index (χ1) is 14.3. The molecule has 2 heterocycles. The third kappa shape index (κ3) is 4.36. The maximum Gasteiger partial charge on any atom is 0.170 e. The number of nitrogens with zero attached hydrogens (tertiary/aromatic N) is 2. The molecule has 4 aromatic rings. The summed E-state index contributed by atoms with van der Waals surface area (Å²) in [4.78, 5) is 0. The predicted molar refractivity (Wildman–Crippen MR) is 112 cm³/mol. The van der Waals surface area contributed by atoms with E-state index in [1.807, 2.05) is 36.4 Å². The molecule has 0 spiro atoms. The van der Waals surface area contributed by atoms with Gasteiger partial charge in [0.2, 0.25) is 0 Å². The number of benzene rings is 2. The van der Waals surface area contributed by atoms with Crippen LogP contribution in [0.4, 0.5) is 0 Å². The molecule has 0 bridgehead atoms. The SMILES string of the molecule is CCCc1noc2cc(OCCCOc3ccc4c(CCC)noc4c3)ccc12. The van der Waals surface area contributed by atoms with Crippen molar-refractivity contribution in [2.24, 2.45) is 0 Å². The number of aromatic nitrogens is 2. The molecule has 6 heteroatoms. The van der Waals surface area contributed by atoms with Gasteiger partial charge in [-0.3, -0.25) is 0 Å². The van der Waals surface area contributed by atoms with Gasteiger partial charge in [-0.2, -0.15) is 0 Å². The highest BCUT2D eigenvalue weighted by Crippen LogP contribution is 2.26. The van der Waals surface area contributed by atoms with Crippen LogP contribution in [0.3, 0.4) is 0 Å².